The summed E-state index contributed by atoms with van der Waals surface area (Å²) >= 11 is 3.06. The van der Waals surface area contributed by atoms with Gasteiger partial charge < -0.3 is 5.73 Å². The van der Waals surface area contributed by atoms with Crippen molar-refractivity contribution in [3.63, 3.8) is 0 Å². The molecule has 1 heterocycles. The highest BCUT2D eigenvalue weighted by atomic mass is 79.9. The van der Waals surface area contributed by atoms with Gasteiger partial charge in [-0.15, -0.1) is 0 Å². The van der Waals surface area contributed by atoms with E-state index in [1.54, 1.807) is 0 Å². The van der Waals surface area contributed by atoms with Crippen molar-refractivity contribution in [2.45, 2.75) is 12.7 Å². The molecule has 4 nitrogen and oxygen atoms in total. The van der Waals surface area contributed by atoms with E-state index in [4.69, 9.17) is 11.1 Å². The summed E-state index contributed by atoms with van der Waals surface area (Å²) < 4.78 is 38.8. The lowest BCUT2D eigenvalue weighted by Gasteiger charge is -2.18. The van der Waals surface area contributed by atoms with Crippen LogP contribution in [0.2, 0.25) is 0 Å². The van der Waals surface area contributed by atoms with Crippen LogP contribution in [0.5, 0.6) is 0 Å². The quantitative estimate of drug-likeness (QED) is 0.656. The van der Waals surface area contributed by atoms with E-state index >= 15 is 0 Å². The Morgan fingerprint density at radius 2 is 2.27 bits per heavy atom. The first-order chi connectivity index (χ1) is 6.80. The zero-order valence-electron chi connectivity index (χ0n) is 7.42. The lowest BCUT2D eigenvalue weighted by atomic mass is 10.1. The molecule has 3 N–H and O–H groups in total. The molecule has 0 aliphatic carbocycles. The third-order valence-electron chi connectivity index (χ3n) is 1.74. The lowest BCUT2D eigenvalue weighted by Crippen LogP contribution is -2.38. The molecule has 0 radical (unpaired) electrons. The van der Waals surface area contributed by atoms with E-state index in [0.717, 1.165) is 4.68 Å². The zero-order valence-corrected chi connectivity index (χ0v) is 9.01. The van der Waals surface area contributed by atoms with E-state index in [0.29, 0.717) is 4.47 Å². The summed E-state index contributed by atoms with van der Waals surface area (Å²) in [5.41, 5.74) is 4.89. The van der Waals surface area contributed by atoms with Crippen molar-refractivity contribution in [1.29, 1.82) is 5.41 Å². The molecular formula is C7H8BrF3N4. The number of alkyl halides is 3. The van der Waals surface area contributed by atoms with E-state index < -0.39 is 24.5 Å². The van der Waals surface area contributed by atoms with Gasteiger partial charge in [0.15, 0.2) is 0 Å². The third kappa shape index (κ3) is 3.22. The number of aromatic nitrogens is 2. The summed E-state index contributed by atoms with van der Waals surface area (Å²) in [5, 5.41) is 10.5. The van der Waals surface area contributed by atoms with Crippen molar-refractivity contribution in [3.05, 3.63) is 16.9 Å². The average Bonchev–Trinajstić information content (AvgIpc) is 2.44. The van der Waals surface area contributed by atoms with Gasteiger partial charge in [0, 0.05) is 6.20 Å². The maximum Gasteiger partial charge on any atom is 0.400 e. The number of halogens is 4. The van der Waals surface area contributed by atoms with E-state index in [-0.39, 0.29) is 0 Å². The van der Waals surface area contributed by atoms with Gasteiger partial charge in [0.25, 0.3) is 0 Å². The fraction of sp³-hybridized carbons (Fsp3) is 0.429. The number of rotatable bonds is 3. The van der Waals surface area contributed by atoms with Gasteiger partial charge in [0.05, 0.1) is 17.2 Å². The normalized spacial score (nSPS) is 13.9. The molecule has 0 aromatic carbocycles. The van der Waals surface area contributed by atoms with Gasteiger partial charge in [-0.1, -0.05) is 0 Å². The molecule has 1 unspecified atom stereocenters. The number of hydrogen-bond donors (Lipinski definition) is 2. The highest BCUT2D eigenvalue weighted by molar-refractivity contribution is 9.10. The van der Waals surface area contributed by atoms with Crippen LogP contribution in [0, 0.1) is 11.3 Å². The number of hydrogen-bond acceptors (Lipinski definition) is 2. The first kappa shape index (κ1) is 12.0. The fourth-order valence-electron chi connectivity index (χ4n) is 1.00. The van der Waals surface area contributed by atoms with Crippen LogP contribution in [0.4, 0.5) is 13.2 Å². The van der Waals surface area contributed by atoms with Crippen LogP contribution in [0.1, 0.15) is 0 Å². The Bertz CT molecular complexity index is 359. The van der Waals surface area contributed by atoms with Crippen LogP contribution in [0.3, 0.4) is 0 Å². The predicted molar refractivity (Wildman–Crippen MR) is 51.4 cm³/mol. The summed E-state index contributed by atoms with van der Waals surface area (Å²) in [6.45, 7) is -0.482. The molecule has 0 saturated carbocycles. The molecule has 0 bridgehead atoms. The first-order valence-electron chi connectivity index (χ1n) is 3.89. The minimum atomic E-state index is -4.52. The molecule has 1 aromatic rings. The Labute approximate surface area is 91.9 Å². The molecule has 1 aromatic heterocycles. The molecule has 0 fully saturated rings. The first-order valence-corrected chi connectivity index (χ1v) is 4.68. The molecule has 84 valence electrons. The summed E-state index contributed by atoms with van der Waals surface area (Å²) in [7, 11) is 0. The van der Waals surface area contributed by atoms with E-state index in [1.165, 1.54) is 12.4 Å². The standard InChI is InChI=1S/C7H8BrF3N4/c8-4-1-14-15(2-4)3-5(6(12)13)7(9,10)11/h1-2,5H,3H2,(H3,12,13). The molecule has 0 spiro atoms. The number of amidine groups is 1. The lowest BCUT2D eigenvalue weighted by molar-refractivity contribution is -0.159. The Morgan fingerprint density at radius 1 is 1.67 bits per heavy atom. The van der Waals surface area contributed by atoms with Gasteiger partial charge in [0.2, 0.25) is 0 Å². The minimum absolute atomic E-state index is 0.482. The van der Waals surface area contributed by atoms with E-state index in [1.807, 2.05) is 0 Å². The topological polar surface area (TPSA) is 67.7 Å². The Kier molecular flexibility index (Phi) is 3.38. The summed E-state index contributed by atoms with van der Waals surface area (Å²) in [6.07, 6.45) is -1.76. The van der Waals surface area contributed by atoms with Crippen molar-refractivity contribution in [3.8, 4) is 0 Å². The minimum Gasteiger partial charge on any atom is -0.387 e. The number of nitrogens with one attached hydrogen (secondary N) is 1. The molecule has 15 heavy (non-hydrogen) atoms. The molecule has 0 amide bonds. The van der Waals surface area contributed by atoms with Gasteiger partial charge in [-0.2, -0.15) is 18.3 Å². The van der Waals surface area contributed by atoms with Crippen LogP contribution in [-0.4, -0.2) is 21.8 Å². The van der Waals surface area contributed by atoms with Gasteiger partial charge in [-0.25, -0.2) is 0 Å². The van der Waals surface area contributed by atoms with Crippen molar-refractivity contribution in [2.24, 2.45) is 11.7 Å². The van der Waals surface area contributed by atoms with E-state index in [9.17, 15) is 13.2 Å². The zero-order chi connectivity index (χ0) is 11.6. The largest absolute Gasteiger partial charge is 0.400 e. The average molecular weight is 285 g/mol. The second kappa shape index (κ2) is 4.21. The number of nitrogens with two attached hydrogens (primary N) is 1. The van der Waals surface area contributed by atoms with Gasteiger partial charge in [0.1, 0.15) is 11.8 Å². The fourth-order valence-corrected chi connectivity index (χ4v) is 1.33. The molecule has 1 rings (SSSR count). The Hall–Kier alpha value is -1.05. The molecule has 1 atom stereocenters. The van der Waals surface area contributed by atoms with Crippen LogP contribution >= 0.6 is 15.9 Å². The summed E-state index contributed by atoms with van der Waals surface area (Å²) in [5.74, 6) is -2.90. The van der Waals surface area contributed by atoms with Crippen molar-refractivity contribution < 1.29 is 13.2 Å². The molecule has 0 saturated heterocycles. The van der Waals surface area contributed by atoms with Crippen LogP contribution in [-0.2, 0) is 6.54 Å². The SMILES string of the molecule is N=C(N)C(Cn1cc(Br)cn1)C(F)(F)F. The predicted octanol–water partition coefficient (Wildman–Crippen LogP) is 1.76. The second-order valence-electron chi connectivity index (χ2n) is 2.93. The Balaban J connectivity index is 2.81. The van der Waals surface area contributed by atoms with Crippen molar-refractivity contribution >= 4 is 21.8 Å². The van der Waals surface area contributed by atoms with Crippen molar-refractivity contribution in [1.82, 2.24) is 9.78 Å². The summed E-state index contributed by atoms with van der Waals surface area (Å²) in [6, 6.07) is 0. The second-order valence-corrected chi connectivity index (χ2v) is 3.85. The van der Waals surface area contributed by atoms with E-state index in [2.05, 4.69) is 21.0 Å². The van der Waals surface area contributed by atoms with Gasteiger partial charge in [-0.05, 0) is 15.9 Å². The molecular weight excluding hydrogens is 277 g/mol. The smallest absolute Gasteiger partial charge is 0.387 e. The molecule has 0 aliphatic heterocycles. The van der Waals surface area contributed by atoms with Crippen LogP contribution in [0.15, 0.2) is 16.9 Å². The molecule has 0 aliphatic rings. The van der Waals surface area contributed by atoms with Gasteiger partial charge in [-0.3, -0.25) is 10.1 Å². The highest BCUT2D eigenvalue weighted by Gasteiger charge is 2.42. The number of nitrogens with zero attached hydrogens (tertiary/aromatic N) is 2. The summed E-state index contributed by atoms with van der Waals surface area (Å²) in [4.78, 5) is 0. The third-order valence-corrected chi connectivity index (χ3v) is 2.15. The Morgan fingerprint density at radius 3 is 2.60 bits per heavy atom. The maximum absolute atomic E-state index is 12.4. The monoisotopic (exact) mass is 284 g/mol. The van der Waals surface area contributed by atoms with Crippen LogP contribution in [0.25, 0.3) is 0 Å². The highest BCUT2D eigenvalue weighted by Crippen LogP contribution is 2.27. The van der Waals surface area contributed by atoms with Crippen LogP contribution < -0.4 is 5.73 Å². The van der Waals surface area contributed by atoms with Crippen molar-refractivity contribution in [2.75, 3.05) is 0 Å². The van der Waals surface area contributed by atoms with Gasteiger partial charge >= 0.3 is 6.18 Å². The molecule has 8 heteroatoms. The maximum atomic E-state index is 12.4.